The van der Waals surface area contributed by atoms with Crippen LogP contribution in [0.3, 0.4) is 0 Å². The summed E-state index contributed by atoms with van der Waals surface area (Å²) < 4.78 is 0. The van der Waals surface area contributed by atoms with Crippen molar-refractivity contribution in [2.24, 2.45) is 0 Å². The van der Waals surface area contributed by atoms with Crippen LogP contribution in [-0.2, 0) is 0 Å². The minimum Gasteiger partial charge on any atom is -0.351 e. The third kappa shape index (κ3) is 5.48. The predicted octanol–water partition coefficient (Wildman–Crippen LogP) is 4.66. The van der Waals surface area contributed by atoms with Crippen LogP contribution < -0.4 is 5.32 Å². The summed E-state index contributed by atoms with van der Waals surface area (Å²) in [5, 5.41) is 3.06. The van der Waals surface area contributed by atoms with Crippen LogP contribution in [0.15, 0.2) is 23.8 Å². The smallest absolute Gasteiger partial charge is 0.251 e. The molecule has 0 saturated carbocycles. The van der Waals surface area contributed by atoms with Gasteiger partial charge in [0.15, 0.2) is 0 Å². The molecule has 0 aromatic heterocycles. The molecule has 1 aromatic carbocycles. The van der Waals surface area contributed by atoms with Gasteiger partial charge in [-0.15, -0.1) is 0 Å². The van der Waals surface area contributed by atoms with Gasteiger partial charge in [-0.25, -0.2) is 0 Å². The van der Waals surface area contributed by atoms with Crippen LogP contribution >= 0.6 is 0 Å². The van der Waals surface area contributed by atoms with E-state index < -0.39 is 0 Å². The maximum absolute atomic E-state index is 12.5. The largest absolute Gasteiger partial charge is 0.351 e. The Morgan fingerprint density at radius 1 is 1.08 bits per heavy atom. The van der Waals surface area contributed by atoms with E-state index in [2.05, 4.69) is 65.6 Å². The lowest BCUT2D eigenvalue weighted by molar-refractivity contribution is 0.0939. The van der Waals surface area contributed by atoms with Crippen molar-refractivity contribution in [3.63, 3.8) is 0 Å². The van der Waals surface area contributed by atoms with Gasteiger partial charge in [0.1, 0.15) is 0 Å². The molecule has 3 heteroatoms. The molecule has 0 heterocycles. The lowest BCUT2D eigenvalue weighted by atomic mass is 9.96. The first-order chi connectivity index (χ1) is 11.1. The highest BCUT2D eigenvalue weighted by atomic mass is 16.1. The summed E-state index contributed by atoms with van der Waals surface area (Å²) >= 11 is 0. The Hall–Kier alpha value is -1.61. The Kier molecular flexibility index (Phi) is 7.68. The molecule has 0 unspecified atom stereocenters. The van der Waals surface area contributed by atoms with E-state index in [0.717, 1.165) is 17.7 Å². The topological polar surface area (TPSA) is 32.3 Å². The van der Waals surface area contributed by atoms with Crippen molar-refractivity contribution in [2.75, 3.05) is 13.1 Å². The summed E-state index contributed by atoms with van der Waals surface area (Å²) in [6.45, 7) is 18.7. The SMILES string of the molecule is CC(C)=C(C)c1cc(C(=O)NCCN(C(C)C)C(C)C)ccc1C. The van der Waals surface area contributed by atoms with Gasteiger partial charge in [-0.1, -0.05) is 11.6 Å². The third-order valence-corrected chi connectivity index (χ3v) is 4.64. The van der Waals surface area contributed by atoms with E-state index in [4.69, 9.17) is 0 Å². The Bertz CT molecular complexity index is 588. The van der Waals surface area contributed by atoms with E-state index in [1.165, 1.54) is 16.7 Å². The van der Waals surface area contributed by atoms with Gasteiger partial charge >= 0.3 is 0 Å². The number of carbonyl (C=O) groups excluding carboxylic acids is 1. The zero-order valence-corrected chi connectivity index (χ0v) is 16.7. The zero-order valence-electron chi connectivity index (χ0n) is 16.7. The highest BCUT2D eigenvalue weighted by Crippen LogP contribution is 2.23. The Labute approximate surface area is 148 Å². The monoisotopic (exact) mass is 330 g/mol. The number of aryl methyl sites for hydroxylation is 1. The molecule has 0 spiro atoms. The summed E-state index contributed by atoms with van der Waals surface area (Å²) in [5.41, 5.74) is 5.62. The second-order valence-corrected chi connectivity index (χ2v) is 7.34. The summed E-state index contributed by atoms with van der Waals surface area (Å²) in [7, 11) is 0. The molecular formula is C21H34N2O. The molecule has 1 rings (SSSR count). The van der Waals surface area contributed by atoms with Crippen LogP contribution in [0.4, 0.5) is 0 Å². The van der Waals surface area contributed by atoms with Gasteiger partial charge in [-0.05, 0) is 84.2 Å². The second-order valence-electron chi connectivity index (χ2n) is 7.34. The van der Waals surface area contributed by atoms with Gasteiger partial charge in [-0.3, -0.25) is 9.69 Å². The van der Waals surface area contributed by atoms with Gasteiger partial charge in [0.2, 0.25) is 0 Å². The minimum atomic E-state index is 0.00488. The standard InChI is InChI=1S/C21H34N2O/c1-14(2)18(8)20-13-19(10-9-17(20)7)21(24)22-11-12-23(15(3)4)16(5)6/h9-10,13,15-16H,11-12H2,1-8H3,(H,22,24). The van der Waals surface area contributed by atoms with E-state index in [9.17, 15) is 4.79 Å². The summed E-state index contributed by atoms with van der Waals surface area (Å²) in [4.78, 5) is 14.9. The summed E-state index contributed by atoms with van der Waals surface area (Å²) in [5.74, 6) is 0.00488. The van der Waals surface area contributed by atoms with E-state index >= 15 is 0 Å². The lowest BCUT2D eigenvalue weighted by Crippen LogP contribution is -2.42. The number of hydrogen-bond donors (Lipinski definition) is 1. The molecule has 3 nitrogen and oxygen atoms in total. The van der Waals surface area contributed by atoms with E-state index in [1.807, 2.05) is 18.2 Å². The van der Waals surface area contributed by atoms with Crippen LogP contribution in [0, 0.1) is 6.92 Å². The number of rotatable bonds is 7. The van der Waals surface area contributed by atoms with Crippen molar-refractivity contribution in [2.45, 2.75) is 67.5 Å². The Morgan fingerprint density at radius 3 is 2.17 bits per heavy atom. The van der Waals surface area contributed by atoms with Crippen LogP contribution in [0.2, 0.25) is 0 Å². The first-order valence-electron chi connectivity index (χ1n) is 8.94. The van der Waals surface area contributed by atoms with Gasteiger partial charge in [-0.2, -0.15) is 0 Å². The van der Waals surface area contributed by atoms with E-state index in [1.54, 1.807) is 0 Å². The fourth-order valence-electron chi connectivity index (χ4n) is 2.95. The van der Waals surface area contributed by atoms with Gasteiger partial charge in [0, 0.05) is 30.7 Å². The maximum atomic E-state index is 12.5. The molecule has 24 heavy (non-hydrogen) atoms. The number of nitrogens with zero attached hydrogens (tertiary/aromatic N) is 1. The number of carbonyl (C=O) groups is 1. The van der Waals surface area contributed by atoms with Gasteiger partial charge in [0.05, 0.1) is 0 Å². The molecule has 1 aromatic rings. The first-order valence-corrected chi connectivity index (χ1v) is 8.94. The Balaban J connectivity index is 2.79. The average Bonchev–Trinajstić information content (AvgIpc) is 2.50. The molecular weight excluding hydrogens is 296 g/mol. The number of amides is 1. The molecule has 0 radical (unpaired) electrons. The highest BCUT2D eigenvalue weighted by molar-refractivity contribution is 5.95. The fraction of sp³-hybridized carbons (Fsp3) is 0.571. The van der Waals surface area contributed by atoms with E-state index in [0.29, 0.717) is 18.6 Å². The zero-order chi connectivity index (χ0) is 18.4. The maximum Gasteiger partial charge on any atom is 0.251 e. The molecule has 0 fully saturated rings. The molecule has 0 aliphatic rings. The van der Waals surface area contributed by atoms with Crippen LogP contribution in [0.1, 0.15) is 70.0 Å². The van der Waals surface area contributed by atoms with Gasteiger partial charge < -0.3 is 5.32 Å². The predicted molar refractivity (Wildman–Crippen MR) is 104 cm³/mol. The molecule has 0 aliphatic heterocycles. The van der Waals surface area contributed by atoms with Crippen molar-refractivity contribution in [1.29, 1.82) is 0 Å². The van der Waals surface area contributed by atoms with Crippen LogP contribution in [0.5, 0.6) is 0 Å². The molecule has 1 N–H and O–H groups in total. The fourth-order valence-corrected chi connectivity index (χ4v) is 2.95. The minimum absolute atomic E-state index is 0.00488. The molecule has 0 aliphatic carbocycles. The molecule has 134 valence electrons. The lowest BCUT2D eigenvalue weighted by Gasteiger charge is -2.30. The second kappa shape index (κ2) is 9.03. The van der Waals surface area contributed by atoms with E-state index in [-0.39, 0.29) is 5.91 Å². The number of allylic oxidation sites excluding steroid dienone is 2. The van der Waals surface area contributed by atoms with Crippen molar-refractivity contribution in [3.05, 3.63) is 40.5 Å². The van der Waals surface area contributed by atoms with Crippen molar-refractivity contribution in [1.82, 2.24) is 10.2 Å². The van der Waals surface area contributed by atoms with Crippen molar-refractivity contribution in [3.8, 4) is 0 Å². The number of hydrogen-bond acceptors (Lipinski definition) is 2. The first kappa shape index (κ1) is 20.4. The summed E-state index contributed by atoms with van der Waals surface area (Å²) in [6, 6.07) is 6.91. The number of nitrogens with one attached hydrogen (secondary N) is 1. The average molecular weight is 331 g/mol. The van der Waals surface area contributed by atoms with Crippen molar-refractivity contribution >= 4 is 11.5 Å². The van der Waals surface area contributed by atoms with Gasteiger partial charge in [0.25, 0.3) is 5.91 Å². The summed E-state index contributed by atoms with van der Waals surface area (Å²) in [6.07, 6.45) is 0. The molecule has 1 amide bonds. The molecule has 0 saturated heterocycles. The molecule has 0 atom stereocenters. The third-order valence-electron chi connectivity index (χ3n) is 4.64. The molecule has 0 bridgehead atoms. The number of benzene rings is 1. The quantitative estimate of drug-likeness (QED) is 0.789. The highest BCUT2D eigenvalue weighted by Gasteiger charge is 2.14. The Morgan fingerprint density at radius 2 is 1.67 bits per heavy atom. The van der Waals surface area contributed by atoms with Crippen LogP contribution in [0.25, 0.3) is 5.57 Å². The van der Waals surface area contributed by atoms with Crippen molar-refractivity contribution < 1.29 is 4.79 Å². The normalized spacial score (nSPS) is 11.3. The van der Waals surface area contributed by atoms with Crippen LogP contribution in [-0.4, -0.2) is 36.0 Å².